The lowest BCUT2D eigenvalue weighted by atomic mass is 10.00. The Morgan fingerprint density at radius 2 is 2.10 bits per heavy atom. The molecule has 1 aromatic rings. The zero-order valence-corrected chi connectivity index (χ0v) is 13.1. The summed E-state index contributed by atoms with van der Waals surface area (Å²) in [6.45, 7) is 8.70. The van der Waals surface area contributed by atoms with Gasteiger partial charge in [0.05, 0.1) is 11.4 Å². The first-order valence-electron chi connectivity index (χ1n) is 8.23. The van der Waals surface area contributed by atoms with Crippen molar-refractivity contribution in [2.75, 3.05) is 13.1 Å². The maximum Gasteiger partial charge on any atom is 0.0547 e. The van der Waals surface area contributed by atoms with Gasteiger partial charge in [0, 0.05) is 19.1 Å². The summed E-state index contributed by atoms with van der Waals surface area (Å²) in [7, 11) is 0. The molecule has 1 N–H and O–H groups in total. The molecular weight excluding hydrogens is 246 g/mol. The third-order valence-corrected chi connectivity index (χ3v) is 4.18. The highest BCUT2D eigenvalue weighted by atomic mass is 15.2. The number of piperidine rings is 1. The van der Waals surface area contributed by atoms with Gasteiger partial charge in [-0.15, -0.1) is 0 Å². The molecule has 2 rings (SSSR count). The van der Waals surface area contributed by atoms with Gasteiger partial charge in [-0.2, -0.15) is 0 Å². The molecule has 1 saturated heterocycles. The summed E-state index contributed by atoms with van der Waals surface area (Å²) in [5, 5.41) is 3.43. The first kappa shape index (κ1) is 15.5. The molecule has 0 bridgehead atoms. The Balaban J connectivity index is 1.92. The van der Waals surface area contributed by atoms with Gasteiger partial charge in [-0.1, -0.05) is 26.3 Å². The van der Waals surface area contributed by atoms with Crippen molar-refractivity contribution >= 4 is 0 Å². The van der Waals surface area contributed by atoms with Gasteiger partial charge in [-0.05, 0) is 50.9 Å². The van der Waals surface area contributed by atoms with Crippen LogP contribution in [-0.4, -0.2) is 29.0 Å². The molecular formula is C17H29N3. The summed E-state index contributed by atoms with van der Waals surface area (Å²) in [5.74, 6) is 0. The standard InChI is InChI=1S/C17H29N3/c1-3-11-18-13-15-8-7-9-16(19-15)14-20-12-6-5-10-17(20)4-2/h7-9,17-18H,3-6,10-14H2,1-2H3. The Morgan fingerprint density at radius 1 is 1.25 bits per heavy atom. The van der Waals surface area contributed by atoms with E-state index in [-0.39, 0.29) is 0 Å². The van der Waals surface area contributed by atoms with Gasteiger partial charge in [-0.3, -0.25) is 9.88 Å². The van der Waals surface area contributed by atoms with Crippen LogP contribution in [-0.2, 0) is 13.1 Å². The lowest BCUT2D eigenvalue weighted by Gasteiger charge is -2.34. The molecule has 2 heterocycles. The highest BCUT2D eigenvalue weighted by Gasteiger charge is 2.20. The molecule has 1 aromatic heterocycles. The van der Waals surface area contributed by atoms with Crippen molar-refractivity contribution < 1.29 is 0 Å². The smallest absolute Gasteiger partial charge is 0.0547 e. The number of rotatable bonds is 7. The first-order chi connectivity index (χ1) is 9.83. The zero-order valence-electron chi connectivity index (χ0n) is 13.1. The van der Waals surface area contributed by atoms with E-state index in [0.717, 1.165) is 25.7 Å². The van der Waals surface area contributed by atoms with Gasteiger partial charge < -0.3 is 5.32 Å². The molecule has 0 radical (unpaired) electrons. The molecule has 1 aliphatic rings. The summed E-state index contributed by atoms with van der Waals surface area (Å²) in [6, 6.07) is 7.20. The van der Waals surface area contributed by atoms with Crippen LogP contribution >= 0.6 is 0 Å². The minimum atomic E-state index is 0.757. The maximum absolute atomic E-state index is 4.80. The predicted molar refractivity (Wildman–Crippen MR) is 84.6 cm³/mol. The van der Waals surface area contributed by atoms with Crippen molar-refractivity contribution in [3.05, 3.63) is 29.6 Å². The van der Waals surface area contributed by atoms with Gasteiger partial charge in [-0.25, -0.2) is 0 Å². The summed E-state index contributed by atoms with van der Waals surface area (Å²) in [4.78, 5) is 7.42. The van der Waals surface area contributed by atoms with E-state index < -0.39 is 0 Å². The quantitative estimate of drug-likeness (QED) is 0.774. The Morgan fingerprint density at radius 3 is 2.90 bits per heavy atom. The summed E-state index contributed by atoms with van der Waals surface area (Å²) < 4.78 is 0. The second kappa shape index (κ2) is 8.38. The maximum atomic E-state index is 4.80. The van der Waals surface area contributed by atoms with E-state index >= 15 is 0 Å². The highest BCUT2D eigenvalue weighted by molar-refractivity contribution is 5.11. The molecule has 1 atom stereocenters. The van der Waals surface area contributed by atoms with Gasteiger partial charge in [0.25, 0.3) is 0 Å². The summed E-state index contributed by atoms with van der Waals surface area (Å²) >= 11 is 0. The third-order valence-electron chi connectivity index (χ3n) is 4.18. The molecule has 20 heavy (non-hydrogen) atoms. The minimum Gasteiger partial charge on any atom is -0.311 e. The van der Waals surface area contributed by atoms with E-state index in [0.29, 0.717) is 0 Å². The largest absolute Gasteiger partial charge is 0.311 e. The molecule has 0 aliphatic carbocycles. The van der Waals surface area contributed by atoms with E-state index in [4.69, 9.17) is 4.98 Å². The van der Waals surface area contributed by atoms with Crippen LogP contribution in [0, 0.1) is 0 Å². The number of pyridine rings is 1. The second-order valence-corrected chi connectivity index (χ2v) is 5.83. The summed E-state index contributed by atoms with van der Waals surface area (Å²) in [5.41, 5.74) is 2.39. The topological polar surface area (TPSA) is 28.2 Å². The Labute approximate surface area is 123 Å². The summed E-state index contributed by atoms with van der Waals surface area (Å²) in [6.07, 6.45) is 6.52. The molecule has 3 heteroatoms. The van der Waals surface area contributed by atoms with Crippen LogP contribution in [0.15, 0.2) is 18.2 Å². The van der Waals surface area contributed by atoms with Crippen LogP contribution in [0.1, 0.15) is 57.3 Å². The van der Waals surface area contributed by atoms with Crippen LogP contribution in [0.5, 0.6) is 0 Å². The van der Waals surface area contributed by atoms with E-state index in [9.17, 15) is 0 Å². The molecule has 0 amide bonds. The van der Waals surface area contributed by atoms with Crippen LogP contribution in [0.3, 0.4) is 0 Å². The Bertz CT molecular complexity index is 392. The molecule has 0 saturated carbocycles. The van der Waals surface area contributed by atoms with Crippen molar-refractivity contribution in [2.45, 2.75) is 65.1 Å². The van der Waals surface area contributed by atoms with Crippen LogP contribution in [0.25, 0.3) is 0 Å². The monoisotopic (exact) mass is 275 g/mol. The number of nitrogens with one attached hydrogen (secondary N) is 1. The molecule has 0 spiro atoms. The molecule has 1 fully saturated rings. The molecule has 3 nitrogen and oxygen atoms in total. The van der Waals surface area contributed by atoms with Crippen LogP contribution < -0.4 is 5.32 Å². The highest BCUT2D eigenvalue weighted by Crippen LogP contribution is 2.21. The number of hydrogen-bond acceptors (Lipinski definition) is 3. The van der Waals surface area contributed by atoms with Gasteiger partial charge in [0.1, 0.15) is 0 Å². The van der Waals surface area contributed by atoms with Crippen molar-refractivity contribution in [3.8, 4) is 0 Å². The van der Waals surface area contributed by atoms with E-state index in [2.05, 4.69) is 42.3 Å². The fourth-order valence-corrected chi connectivity index (χ4v) is 3.05. The van der Waals surface area contributed by atoms with E-state index in [1.165, 1.54) is 50.0 Å². The first-order valence-corrected chi connectivity index (χ1v) is 8.23. The average Bonchev–Trinajstić information content (AvgIpc) is 2.48. The Kier molecular flexibility index (Phi) is 6.48. The van der Waals surface area contributed by atoms with Crippen molar-refractivity contribution in [1.29, 1.82) is 0 Å². The van der Waals surface area contributed by atoms with Gasteiger partial charge >= 0.3 is 0 Å². The average molecular weight is 275 g/mol. The molecule has 0 aromatic carbocycles. The van der Waals surface area contributed by atoms with Crippen molar-refractivity contribution in [1.82, 2.24) is 15.2 Å². The van der Waals surface area contributed by atoms with E-state index in [1.807, 2.05) is 0 Å². The van der Waals surface area contributed by atoms with Crippen LogP contribution in [0.4, 0.5) is 0 Å². The fourth-order valence-electron chi connectivity index (χ4n) is 3.05. The van der Waals surface area contributed by atoms with E-state index in [1.54, 1.807) is 0 Å². The Hall–Kier alpha value is -0.930. The number of nitrogens with zero attached hydrogens (tertiary/aromatic N) is 2. The molecule has 1 unspecified atom stereocenters. The van der Waals surface area contributed by atoms with Crippen LogP contribution in [0.2, 0.25) is 0 Å². The predicted octanol–water partition coefficient (Wildman–Crippen LogP) is 3.35. The number of hydrogen-bond donors (Lipinski definition) is 1. The SMILES string of the molecule is CCCNCc1cccc(CN2CCCCC2CC)n1. The normalized spacial score (nSPS) is 20.2. The van der Waals surface area contributed by atoms with Crippen molar-refractivity contribution in [3.63, 3.8) is 0 Å². The lowest BCUT2D eigenvalue weighted by molar-refractivity contribution is 0.134. The molecule has 112 valence electrons. The molecule has 1 aliphatic heterocycles. The minimum absolute atomic E-state index is 0.757. The second-order valence-electron chi connectivity index (χ2n) is 5.83. The lowest BCUT2D eigenvalue weighted by Crippen LogP contribution is -2.38. The number of aromatic nitrogens is 1. The zero-order chi connectivity index (χ0) is 14.2. The third kappa shape index (κ3) is 4.57. The van der Waals surface area contributed by atoms with Gasteiger partial charge in [0.2, 0.25) is 0 Å². The fraction of sp³-hybridized carbons (Fsp3) is 0.706. The van der Waals surface area contributed by atoms with Crippen molar-refractivity contribution in [2.24, 2.45) is 0 Å². The number of likely N-dealkylation sites (tertiary alicyclic amines) is 1. The van der Waals surface area contributed by atoms with Gasteiger partial charge in [0.15, 0.2) is 0 Å².